The van der Waals surface area contributed by atoms with Gasteiger partial charge in [-0.3, -0.25) is 0 Å². The Kier molecular flexibility index (Phi) is 11.5. The fourth-order valence-corrected chi connectivity index (χ4v) is 20.7. The molecule has 6 heteroatoms. The molecule has 8 aliphatic carbocycles. The van der Waals surface area contributed by atoms with Gasteiger partial charge in [0.25, 0.3) is 0 Å². The van der Waals surface area contributed by atoms with E-state index in [1.165, 1.54) is 100 Å². The van der Waals surface area contributed by atoms with E-state index in [0.29, 0.717) is 57.5 Å². The maximum atomic E-state index is 10.4. The standard InChI is InChI=1S/C54H82O4S2/c1-31(9-15-45-33(3)49-47(57-45)27-43-39-13-11-35-25-37(55)17-21-51(35,5)41(39)19-23-53(43,49)7)29-59-60-30-32(2)10-16-46-34(4)50-48(58-46)28-44-40-14-12-36-26-38(56)18-22-52(36,6)42(40)20-24-54(44,50)8/h11-12,31-32,37-44,47-50,55-56H,9-10,13-30H2,1-8H3/t31?,32?,37-,38-,39+,40+,41-,42-,43-,44-,47-,48-,49-,50-,51-,52-,53-,54-/m0/s1. The van der Waals surface area contributed by atoms with E-state index in [0.717, 1.165) is 74.0 Å². The highest BCUT2D eigenvalue weighted by Gasteiger charge is 2.65. The van der Waals surface area contributed by atoms with E-state index in [4.69, 9.17) is 9.47 Å². The van der Waals surface area contributed by atoms with Gasteiger partial charge in [-0.25, -0.2) is 0 Å². The molecule has 2 aliphatic heterocycles. The number of ether oxygens (including phenoxy) is 2. The summed E-state index contributed by atoms with van der Waals surface area (Å²) in [6.07, 6.45) is 26.9. The molecule has 2 N–H and O–H groups in total. The Balaban J connectivity index is 0.665. The zero-order chi connectivity index (χ0) is 41.9. The lowest BCUT2D eigenvalue weighted by molar-refractivity contribution is -0.0454. The first kappa shape index (κ1) is 43.1. The van der Waals surface area contributed by atoms with Crippen LogP contribution in [0.2, 0.25) is 0 Å². The van der Waals surface area contributed by atoms with Gasteiger partial charge < -0.3 is 19.7 Å². The second-order valence-corrected chi connectivity index (χ2v) is 26.8. The Morgan fingerprint density at radius 1 is 0.617 bits per heavy atom. The van der Waals surface area contributed by atoms with E-state index in [9.17, 15) is 10.2 Å². The lowest BCUT2D eigenvalue weighted by Crippen LogP contribution is -2.50. The molecule has 0 radical (unpaired) electrons. The van der Waals surface area contributed by atoms with Crippen LogP contribution in [0.15, 0.2) is 46.0 Å². The number of fused-ring (bicyclic) bond motifs is 14. The average Bonchev–Trinajstić information content (AvgIpc) is 3.91. The van der Waals surface area contributed by atoms with Gasteiger partial charge in [0.05, 0.1) is 23.7 Å². The summed E-state index contributed by atoms with van der Waals surface area (Å²) < 4.78 is 13.9. The number of aliphatic hydroxyl groups is 2. The number of allylic oxidation sites excluding steroid dienone is 4. The first-order chi connectivity index (χ1) is 28.6. The average molecular weight is 859 g/mol. The molecule has 0 aromatic heterocycles. The zero-order valence-corrected chi connectivity index (χ0v) is 40.5. The molecule has 4 nitrogen and oxygen atoms in total. The third-order valence-corrected chi connectivity index (χ3v) is 24.0. The van der Waals surface area contributed by atoms with Gasteiger partial charge in [-0.2, -0.15) is 0 Å². The highest BCUT2D eigenvalue weighted by molar-refractivity contribution is 8.76. The monoisotopic (exact) mass is 859 g/mol. The molecule has 10 rings (SSSR count). The summed E-state index contributed by atoms with van der Waals surface area (Å²) in [6, 6.07) is 0. The van der Waals surface area contributed by atoms with Crippen molar-refractivity contribution in [2.75, 3.05) is 11.5 Å². The van der Waals surface area contributed by atoms with Crippen molar-refractivity contribution >= 4 is 21.6 Å². The van der Waals surface area contributed by atoms with E-state index in [2.05, 4.69) is 89.1 Å². The summed E-state index contributed by atoms with van der Waals surface area (Å²) >= 11 is 0. The second kappa shape index (κ2) is 16.0. The Morgan fingerprint density at radius 2 is 1.03 bits per heavy atom. The molecule has 0 aromatic carbocycles. The Labute approximate surface area is 373 Å². The Hall–Kier alpha value is -0.820. The molecule has 0 bridgehead atoms. The van der Waals surface area contributed by atoms with Gasteiger partial charge in [-0.05, 0) is 197 Å². The normalized spacial score (nSPS) is 48.6. The van der Waals surface area contributed by atoms with Gasteiger partial charge in [0.15, 0.2) is 0 Å². The molecule has 18 atom stereocenters. The summed E-state index contributed by atoms with van der Waals surface area (Å²) in [5.41, 5.74) is 7.74. The molecule has 2 unspecified atom stereocenters. The third kappa shape index (κ3) is 6.86. The van der Waals surface area contributed by atoms with Crippen LogP contribution >= 0.6 is 21.6 Å². The van der Waals surface area contributed by atoms with Crippen molar-refractivity contribution in [3.63, 3.8) is 0 Å². The van der Waals surface area contributed by atoms with E-state index in [1.807, 2.05) is 0 Å². The highest BCUT2D eigenvalue weighted by Crippen LogP contribution is 2.71. The number of aliphatic hydroxyl groups excluding tert-OH is 2. The summed E-state index contributed by atoms with van der Waals surface area (Å²) in [5, 5.41) is 20.9. The number of hydrogen-bond donors (Lipinski definition) is 2. The summed E-state index contributed by atoms with van der Waals surface area (Å²) in [5.74, 6) is 12.5. The van der Waals surface area contributed by atoms with Crippen LogP contribution in [-0.2, 0) is 9.47 Å². The van der Waals surface area contributed by atoms with Crippen LogP contribution < -0.4 is 0 Å². The van der Waals surface area contributed by atoms with E-state index in [1.54, 1.807) is 22.3 Å². The minimum absolute atomic E-state index is 0.120. The van der Waals surface area contributed by atoms with E-state index >= 15 is 0 Å². The molecular formula is C54H82O4S2. The van der Waals surface area contributed by atoms with Crippen molar-refractivity contribution < 1.29 is 19.7 Å². The zero-order valence-electron chi connectivity index (χ0n) is 38.9. The van der Waals surface area contributed by atoms with Crippen LogP contribution in [0.25, 0.3) is 0 Å². The molecule has 334 valence electrons. The van der Waals surface area contributed by atoms with Gasteiger partial charge in [-0.15, -0.1) is 0 Å². The first-order valence-corrected chi connectivity index (χ1v) is 27.8. The van der Waals surface area contributed by atoms with Gasteiger partial charge in [0.2, 0.25) is 0 Å². The van der Waals surface area contributed by atoms with Crippen molar-refractivity contribution in [1.29, 1.82) is 0 Å². The minimum atomic E-state index is -0.120. The Morgan fingerprint density at radius 3 is 1.45 bits per heavy atom. The van der Waals surface area contributed by atoms with Crippen LogP contribution in [0.3, 0.4) is 0 Å². The quantitative estimate of drug-likeness (QED) is 0.123. The van der Waals surface area contributed by atoms with Gasteiger partial charge >= 0.3 is 0 Å². The van der Waals surface area contributed by atoms with Crippen molar-refractivity contribution in [2.24, 2.45) is 80.8 Å². The molecule has 2 heterocycles. The van der Waals surface area contributed by atoms with Crippen LogP contribution in [0.5, 0.6) is 0 Å². The van der Waals surface area contributed by atoms with Crippen molar-refractivity contribution in [2.45, 2.75) is 195 Å². The summed E-state index contributed by atoms with van der Waals surface area (Å²) in [6.45, 7) is 20.2. The topological polar surface area (TPSA) is 58.9 Å². The molecule has 6 saturated carbocycles. The summed E-state index contributed by atoms with van der Waals surface area (Å²) in [7, 11) is 4.21. The van der Waals surface area contributed by atoms with Crippen LogP contribution in [-0.4, -0.2) is 46.1 Å². The molecule has 6 fully saturated rings. The predicted molar refractivity (Wildman–Crippen MR) is 250 cm³/mol. The minimum Gasteiger partial charge on any atom is -0.494 e. The third-order valence-electron chi connectivity index (χ3n) is 21.1. The lowest BCUT2D eigenvalue weighted by atomic mass is 9.47. The molecule has 60 heavy (non-hydrogen) atoms. The molecule has 10 aliphatic rings. The maximum absolute atomic E-state index is 10.4. The van der Waals surface area contributed by atoms with E-state index in [-0.39, 0.29) is 12.2 Å². The smallest absolute Gasteiger partial charge is 0.106 e. The van der Waals surface area contributed by atoms with Gasteiger partial charge in [0.1, 0.15) is 12.2 Å². The van der Waals surface area contributed by atoms with Gasteiger partial charge in [-0.1, -0.05) is 86.4 Å². The fourth-order valence-electron chi connectivity index (χ4n) is 17.7. The largest absolute Gasteiger partial charge is 0.494 e. The predicted octanol–water partition coefficient (Wildman–Crippen LogP) is 13.6. The molecular weight excluding hydrogens is 777 g/mol. The molecule has 0 amide bonds. The fraction of sp³-hybridized carbons (Fsp3) is 0.852. The summed E-state index contributed by atoms with van der Waals surface area (Å²) in [4.78, 5) is 0. The first-order valence-electron chi connectivity index (χ1n) is 25.4. The molecule has 0 spiro atoms. The maximum Gasteiger partial charge on any atom is 0.106 e. The molecule has 0 saturated heterocycles. The van der Waals surface area contributed by atoms with Crippen LogP contribution in [0, 0.1) is 80.8 Å². The highest BCUT2D eigenvalue weighted by atomic mass is 33.1. The Bertz CT molecular complexity index is 1670. The van der Waals surface area contributed by atoms with Crippen molar-refractivity contribution in [1.82, 2.24) is 0 Å². The van der Waals surface area contributed by atoms with Gasteiger partial charge in [0, 0.05) is 36.2 Å². The number of hydrogen-bond acceptors (Lipinski definition) is 6. The second-order valence-electron chi connectivity index (χ2n) is 24.2. The van der Waals surface area contributed by atoms with Crippen LogP contribution in [0.4, 0.5) is 0 Å². The van der Waals surface area contributed by atoms with E-state index < -0.39 is 0 Å². The van der Waals surface area contributed by atoms with Crippen molar-refractivity contribution in [3.8, 4) is 0 Å². The molecule has 0 aromatic rings. The van der Waals surface area contributed by atoms with Crippen LogP contribution in [0.1, 0.15) is 171 Å². The lowest BCUT2D eigenvalue weighted by Gasteiger charge is -2.57. The van der Waals surface area contributed by atoms with Crippen molar-refractivity contribution in [3.05, 3.63) is 46.0 Å². The SMILES string of the molecule is CC1=C(CCC(C)CSSCC(C)CCC2=C(C)[C@H]3[C@H](C[C@H]4[C@@H]5CC=C6C[C@@H](O)CC[C@]6(C)[C@H]5CC[C@@]43C)O2)O[C@H]2C[C@H]3[C@@H]4CC=C5C[C@@H](O)CC[C@]5(C)[C@H]4CC[C@]3(C)[C@@H]12. The number of rotatable bonds is 11.